The standard InChI is InChI=1S/C12H12N2O/c1-8(15)9-6-10(9)11-7-14-5-3-2-4-12(14)13-11/h2-5,7,9-10H,6H2,1H3. The van der Waals surface area contributed by atoms with E-state index in [2.05, 4.69) is 4.98 Å². The molecule has 0 bridgehead atoms. The number of carbonyl (C=O) groups is 1. The topological polar surface area (TPSA) is 34.4 Å². The molecule has 3 heteroatoms. The summed E-state index contributed by atoms with van der Waals surface area (Å²) in [6, 6.07) is 5.93. The first-order valence-corrected chi connectivity index (χ1v) is 5.20. The smallest absolute Gasteiger partial charge is 0.136 e. The molecule has 2 aromatic rings. The number of aromatic nitrogens is 2. The number of rotatable bonds is 2. The Bertz CT molecular complexity index is 496. The Morgan fingerprint density at radius 2 is 2.40 bits per heavy atom. The molecular weight excluding hydrogens is 188 g/mol. The van der Waals surface area contributed by atoms with Crippen molar-refractivity contribution >= 4 is 11.4 Å². The highest BCUT2D eigenvalue weighted by Crippen LogP contribution is 2.47. The average Bonchev–Trinajstić information content (AvgIpc) is 2.91. The van der Waals surface area contributed by atoms with Gasteiger partial charge < -0.3 is 4.40 Å². The monoisotopic (exact) mass is 200 g/mol. The van der Waals surface area contributed by atoms with E-state index in [1.165, 1.54) is 0 Å². The summed E-state index contributed by atoms with van der Waals surface area (Å²) in [6.07, 6.45) is 4.99. The number of imidazole rings is 1. The molecule has 1 saturated carbocycles. The number of hydrogen-bond acceptors (Lipinski definition) is 2. The predicted molar refractivity (Wildman–Crippen MR) is 56.7 cm³/mol. The van der Waals surface area contributed by atoms with Crippen LogP contribution in [0.4, 0.5) is 0 Å². The van der Waals surface area contributed by atoms with E-state index in [-0.39, 0.29) is 11.7 Å². The Morgan fingerprint density at radius 1 is 1.53 bits per heavy atom. The van der Waals surface area contributed by atoms with Gasteiger partial charge in [-0.25, -0.2) is 4.98 Å². The van der Waals surface area contributed by atoms with Gasteiger partial charge in [-0.15, -0.1) is 0 Å². The molecule has 76 valence electrons. The number of nitrogens with zero attached hydrogens (tertiary/aromatic N) is 2. The van der Waals surface area contributed by atoms with E-state index >= 15 is 0 Å². The van der Waals surface area contributed by atoms with Gasteiger partial charge >= 0.3 is 0 Å². The SMILES string of the molecule is CC(=O)C1CC1c1cn2ccccc2n1. The van der Waals surface area contributed by atoms with Gasteiger partial charge in [0, 0.05) is 24.2 Å². The van der Waals surface area contributed by atoms with Gasteiger partial charge in [-0.1, -0.05) is 6.07 Å². The minimum atomic E-state index is 0.218. The molecule has 3 nitrogen and oxygen atoms in total. The van der Waals surface area contributed by atoms with Crippen molar-refractivity contribution < 1.29 is 4.79 Å². The normalized spacial score (nSPS) is 24.3. The lowest BCUT2D eigenvalue weighted by atomic mass is 10.2. The fourth-order valence-electron chi connectivity index (χ4n) is 2.10. The van der Waals surface area contributed by atoms with Crippen molar-refractivity contribution in [2.75, 3.05) is 0 Å². The van der Waals surface area contributed by atoms with E-state index in [1.54, 1.807) is 6.92 Å². The van der Waals surface area contributed by atoms with Crippen molar-refractivity contribution in [1.29, 1.82) is 0 Å². The highest BCUT2D eigenvalue weighted by Gasteiger charge is 2.43. The zero-order chi connectivity index (χ0) is 10.4. The van der Waals surface area contributed by atoms with Gasteiger partial charge in [0.25, 0.3) is 0 Å². The van der Waals surface area contributed by atoms with Gasteiger partial charge in [0.2, 0.25) is 0 Å². The van der Waals surface area contributed by atoms with Gasteiger partial charge in [0.1, 0.15) is 11.4 Å². The molecule has 3 rings (SSSR count). The Labute approximate surface area is 87.7 Å². The predicted octanol–water partition coefficient (Wildman–Crippen LogP) is 2.03. The van der Waals surface area contributed by atoms with Gasteiger partial charge in [0.15, 0.2) is 0 Å². The van der Waals surface area contributed by atoms with Gasteiger partial charge in [-0.2, -0.15) is 0 Å². The van der Waals surface area contributed by atoms with Crippen LogP contribution >= 0.6 is 0 Å². The van der Waals surface area contributed by atoms with E-state index < -0.39 is 0 Å². The third-order valence-electron chi connectivity index (χ3n) is 3.08. The summed E-state index contributed by atoms with van der Waals surface area (Å²) in [4.78, 5) is 15.7. The lowest BCUT2D eigenvalue weighted by Gasteiger charge is -1.89. The molecule has 0 N–H and O–H groups in total. The lowest BCUT2D eigenvalue weighted by Crippen LogP contribution is -1.94. The second-order valence-corrected chi connectivity index (χ2v) is 4.19. The van der Waals surface area contributed by atoms with Crippen LogP contribution < -0.4 is 0 Å². The number of pyridine rings is 1. The van der Waals surface area contributed by atoms with Crippen molar-refractivity contribution in [3.05, 3.63) is 36.3 Å². The summed E-state index contributed by atoms with van der Waals surface area (Å²) >= 11 is 0. The summed E-state index contributed by atoms with van der Waals surface area (Å²) in [5.74, 6) is 0.870. The molecule has 0 aromatic carbocycles. The minimum absolute atomic E-state index is 0.218. The molecule has 2 unspecified atom stereocenters. The van der Waals surface area contributed by atoms with Crippen LogP contribution in [-0.4, -0.2) is 15.2 Å². The van der Waals surface area contributed by atoms with E-state index in [4.69, 9.17) is 0 Å². The second kappa shape index (κ2) is 2.92. The Balaban J connectivity index is 1.97. The molecule has 2 heterocycles. The second-order valence-electron chi connectivity index (χ2n) is 4.19. The Kier molecular flexibility index (Phi) is 1.69. The van der Waals surface area contributed by atoms with E-state index in [1.807, 2.05) is 35.0 Å². The molecular formula is C12H12N2O. The number of fused-ring (bicyclic) bond motifs is 1. The van der Waals surface area contributed by atoms with Crippen LogP contribution in [0, 0.1) is 5.92 Å². The van der Waals surface area contributed by atoms with Crippen molar-refractivity contribution in [2.24, 2.45) is 5.92 Å². The first kappa shape index (κ1) is 8.65. The zero-order valence-corrected chi connectivity index (χ0v) is 8.55. The molecule has 1 aliphatic rings. The molecule has 0 spiro atoms. The molecule has 1 aliphatic carbocycles. The lowest BCUT2D eigenvalue weighted by molar-refractivity contribution is -0.118. The van der Waals surface area contributed by atoms with Crippen molar-refractivity contribution in [2.45, 2.75) is 19.3 Å². The summed E-state index contributed by atoms with van der Waals surface area (Å²) in [5.41, 5.74) is 2.02. The molecule has 0 saturated heterocycles. The minimum Gasteiger partial charge on any atom is -0.307 e. The summed E-state index contributed by atoms with van der Waals surface area (Å²) in [6.45, 7) is 1.67. The van der Waals surface area contributed by atoms with Crippen molar-refractivity contribution in [1.82, 2.24) is 9.38 Å². The largest absolute Gasteiger partial charge is 0.307 e. The van der Waals surface area contributed by atoms with E-state index in [0.29, 0.717) is 5.92 Å². The highest BCUT2D eigenvalue weighted by atomic mass is 16.1. The Hall–Kier alpha value is -1.64. The van der Waals surface area contributed by atoms with Crippen LogP contribution in [-0.2, 0) is 4.79 Å². The van der Waals surface area contributed by atoms with Gasteiger partial charge in [0.05, 0.1) is 5.69 Å². The highest BCUT2D eigenvalue weighted by molar-refractivity contribution is 5.82. The van der Waals surface area contributed by atoms with Crippen molar-refractivity contribution in [3.63, 3.8) is 0 Å². The molecule has 0 amide bonds. The van der Waals surface area contributed by atoms with Crippen LogP contribution in [0.3, 0.4) is 0 Å². The summed E-state index contributed by atoms with van der Waals surface area (Å²) < 4.78 is 2.00. The van der Waals surface area contributed by atoms with Gasteiger partial charge in [-0.3, -0.25) is 4.79 Å². The molecule has 1 fully saturated rings. The van der Waals surface area contributed by atoms with Gasteiger partial charge in [-0.05, 0) is 25.5 Å². The third-order valence-corrected chi connectivity index (χ3v) is 3.08. The Morgan fingerprint density at radius 3 is 3.07 bits per heavy atom. The fraction of sp³-hybridized carbons (Fsp3) is 0.333. The van der Waals surface area contributed by atoms with E-state index in [0.717, 1.165) is 17.8 Å². The first-order chi connectivity index (χ1) is 7.25. The van der Waals surface area contributed by atoms with Crippen molar-refractivity contribution in [3.8, 4) is 0 Å². The number of ketones is 1. The van der Waals surface area contributed by atoms with Crippen LogP contribution in [0.1, 0.15) is 25.0 Å². The molecule has 0 aliphatic heterocycles. The first-order valence-electron chi connectivity index (χ1n) is 5.20. The number of hydrogen-bond donors (Lipinski definition) is 0. The maximum Gasteiger partial charge on any atom is 0.136 e. The van der Waals surface area contributed by atoms with Crippen LogP contribution in [0.2, 0.25) is 0 Å². The zero-order valence-electron chi connectivity index (χ0n) is 8.55. The number of Topliss-reactive ketones (excluding diaryl/α,β-unsaturated/α-hetero) is 1. The quantitative estimate of drug-likeness (QED) is 0.743. The van der Waals surface area contributed by atoms with E-state index in [9.17, 15) is 4.79 Å². The van der Waals surface area contributed by atoms with Crippen LogP contribution in [0.15, 0.2) is 30.6 Å². The average molecular weight is 200 g/mol. The maximum absolute atomic E-state index is 11.2. The molecule has 15 heavy (non-hydrogen) atoms. The maximum atomic E-state index is 11.2. The molecule has 0 radical (unpaired) electrons. The third kappa shape index (κ3) is 1.35. The summed E-state index contributed by atoms with van der Waals surface area (Å²) in [5, 5.41) is 0. The van der Waals surface area contributed by atoms with Crippen LogP contribution in [0.5, 0.6) is 0 Å². The van der Waals surface area contributed by atoms with Crippen LogP contribution in [0.25, 0.3) is 5.65 Å². The number of carbonyl (C=O) groups excluding carboxylic acids is 1. The fourth-order valence-corrected chi connectivity index (χ4v) is 2.10. The summed E-state index contributed by atoms with van der Waals surface area (Å²) in [7, 11) is 0. The molecule has 2 atom stereocenters. The molecule has 2 aromatic heterocycles.